The summed E-state index contributed by atoms with van der Waals surface area (Å²) in [5, 5.41) is 5.97. The number of aromatic nitrogens is 3. The van der Waals surface area contributed by atoms with Crippen molar-refractivity contribution < 1.29 is 18.7 Å². The summed E-state index contributed by atoms with van der Waals surface area (Å²) in [5.74, 6) is -0.280. The second-order valence-corrected chi connectivity index (χ2v) is 16.4. The lowest BCUT2D eigenvalue weighted by atomic mass is 9.98. The van der Waals surface area contributed by atoms with Crippen molar-refractivity contribution in [1.29, 1.82) is 0 Å². The van der Waals surface area contributed by atoms with Crippen LogP contribution in [0.5, 0.6) is 0 Å². The SMILES string of the molecule is CCOC(=O)c1c(CCCO[Si](C)(C)C(C)(C)C)c2cccc3c2n1CC=CCOCc1c-3c(C)nn1C. The molecule has 0 atom stereocenters. The molecular formula is C30H43N3O4Si. The lowest BCUT2D eigenvalue weighted by Crippen LogP contribution is -2.41. The molecule has 0 radical (unpaired) electrons. The first kappa shape index (κ1) is 28.3. The molecule has 1 aromatic carbocycles. The average molecular weight is 538 g/mol. The lowest BCUT2D eigenvalue weighted by Gasteiger charge is -2.36. The first-order valence-corrected chi connectivity index (χ1v) is 16.6. The van der Waals surface area contributed by atoms with Crippen LogP contribution in [0.3, 0.4) is 0 Å². The number of para-hydroxylation sites is 1. The third-order valence-corrected chi connectivity index (χ3v) is 12.6. The first-order valence-electron chi connectivity index (χ1n) is 13.7. The van der Waals surface area contributed by atoms with Gasteiger partial charge in [-0.15, -0.1) is 0 Å². The molecule has 0 aliphatic carbocycles. The highest BCUT2D eigenvalue weighted by Crippen LogP contribution is 2.39. The number of fused-ring (bicyclic) bond motifs is 2. The van der Waals surface area contributed by atoms with Gasteiger partial charge in [0.05, 0.1) is 36.7 Å². The van der Waals surface area contributed by atoms with Crippen LogP contribution in [0.4, 0.5) is 0 Å². The number of rotatable bonds is 7. The predicted molar refractivity (Wildman–Crippen MR) is 155 cm³/mol. The molecule has 8 heteroatoms. The molecule has 1 aliphatic rings. The molecule has 1 aliphatic heterocycles. The van der Waals surface area contributed by atoms with E-state index in [1.807, 2.05) is 31.7 Å². The van der Waals surface area contributed by atoms with Crippen LogP contribution in [0.2, 0.25) is 18.1 Å². The number of aryl methyl sites for hydroxylation is 3. The predicted octanol–water partition coefficient (Wildman–Crippen LogP) is 6.57. The zero-order chi connectivity index (χ0) is 27.7. The molecule has 0 fully saturated rings. The molecule has 0 spiro atoms. The summed E-state index contributed by atoms with van der Waals surface area (Å²) < 4.78 is 22.1. The van der Waals surface area contributed by atoms with Gasteiger partial charge in [0, 0.05) is 36.7 Å². The molecule has 0 amide bonds. The highest BCUT2D eigenvalue weighted by molar-refractivity contribution is 6.74. The molecule has 7 nitrogen and oxygen atoms in total. The summed E-state index contributed by atoms with van der Waals surface area (Å²) in [6, 6.07) is 6.35. The van der Waals surface area contributed by atoms with Crippen LogP contribution in [-0.4, -0.2) is 48.5 Å². The van der Waals surface area contributed by atoms with Crippen molar-refractivity contribution in [2.75, 3.05) is 19.8 Å². The Morgan fingerprint density at radius 3 is 2.68 bits per heavy atom. The topological polar surface area (TPSA) is 67.5 Å². The molecule has 2 aromatic heterocycles. The van der Waals surface area contributed by atoms with Gasteiger partial charge in [-0.3, -0.25) is 4.68 Å². The van der Waals surface area contributed by atoms with Crippen molar-refractivity contribution in [1.82, 2.24) is 14.3 Å². The van der Waals surface area contributed by atoms with Crippen molar-refractivity contribution in [3.8, 4) is 11.1 Å². The van der Waals surface area contributed by atoms with E-state index in [1.165, 1.54) is 0 Å². The monoisotopic (exact) mass is 537 g/mol. The maximum absolute atomic E-state index is 13.5. The minimum absolute atomic E-state index is 0.161. The van der Waals surface area contributed by atoms with Gasteiger partial charge in [-0.05, 0) is 50.4 Å². The molecule has 0 bridgehead atoms. The van der Waals surface area contributed by atoms with Crippen molar-refractivity contribution in [2.24, 2.45) is 7.05 Å². The van der Waals surface area contributed by atoms with E-state index in [2.05, 4.69) is 62.7 Å². The van der Waals surface area contributed by atoms with E-state index in [0.29, 0.717) is 38.7 Å². The number of nitrogens with zero attached hydrogens (tertiary/aromatic N) is 3. The number of hydrogen-bond acceptors (Lipinski definition) is 5. The highest BCUT2D eigenvalue weighted by atomic mass is 28.4. The van der Waals surface area contributed by atoms with E-state index < -0.39 is 8.32 Å². The van der Waals surface area contributed by atoms with E-state index in [1.54, 1.807) is 0 Å². The van der Waals surface area contributed by atoms with Gasteiger partial charge in [-0.25, -0.2) is 4.79 Å². The molecule has 0 saturated carbocycles. The van der Waals surface area contributed by atoms with Gasteiger partial charge in [0.1, 0.15) is 5.69 Å². The molecule has 0 N–H and O–H groups in total. The maximum atomic E-state index is 13.5. The van der Waals surface area contributed by atoms with Crippen molar-refractivity contribution >= 4 is 25.2 Å². The van der Waals surface area contributed by atoms with Crippen LogP contribution in [0.15, 0.2) is 30.4 Å². The average Bonchev–Trinajstić information content (AvgIpc) is 3.29. The first-order chi connectivity index (χ1) is 18.0. The van der Waals surface area contributed by atoms with Crippen molar-refractivity contribution in [3.63, 3.8) is 0 Å². The molecule has 0 unspecified atom stereocenters. The number of allylic oxidation sites excluding steroid dienone is 1. The molecule has 3 heterocycles. The number of carbonyl (C=O) groups is 1. The normalized spacial score (nSPS) is 14.4. The van der Waals surface area contributed by atoms with Gasteiger partial charge in [0.2, 0.25) is 0 Å². The summed E-state index contributed by atoms with van der Waals surface area (Å²) in [6.07, 6.45) is 5.67. The van der Waals surface area contributed by atoms with Gasteiger partial charge in [0.15, 0.2) is 8.32 Å². The second-order valence-electron chi connectivity index (χ2n) is 11.6. The Morgan fingerprint density at radius 1 is 1.21 bits per heavy atom. The zero-order valence-corrected chi connectivity index (χ0v) is 25.3. The Kier molecular flexibility index (Phi) is 8.35. The molecular weight excluding hydrogens is 494 g/mol. The number of carbonyl (C=O) groups excluding carboxylic acids is 1. The van der Waals surface area contributed by atoms with E-state index in [-0.39, 0.29) is 11.0 Å². The number of hydrogen-bond donors (Lipinski definition) is 0. The third-order valence-electron chi connectivity index (χ3n) is 8.01. The fourth-order valence-electron chi connectivity index (χ4n) is 5.04. The Balaban J connectivity index is 1.86. The Morgan fingerprint density at radius 2 is 1.97 bits per heavy atom. The molecule has 4 rings (SSSR count). The van der Waals surface area contributed by atoms with Gasteiger partial charge in [-0.1, -0.05) is 51.1 Å². The molecule has 206 valence electrons. The van der Waals surface area contributed by atoms with Gasteiger partial charge < -0.3 is 18.5 Å². The minimum atomic E-state index is -1.85. The van der Waals surface area contributed by atoms with Crippen LogP contribution in [0, 0.1) is 6.92 Å². The number of ether oxygens (including phenoxy) is 2. The number of benzene rings is 1. The summed E-state index contributed by atoms with van der Waals surface area (Å²) in [7, 11) is 0.115. The van der Waals surface area contributed by atoms with Gasteiger partial charge >= 0.3 is 5.97 Å². The Hall–Kier alpha value is -2.68. The minimum Gasteiger partial charge on any atom is -0.461 e. The van der Waals surface area contributed by atoms with Crippen molar-refractivity contribution in [2.45, 2.75) is 78.7 Å². The second kappa shape index (κ2) is 11.2. The maximum Gasteiger partial charge on any atom is 0.355 e. The highest BCUT2D eigenvalue weighted by Gasteiger charge is 2.37. The smallest absolute Gasteiger partial charge is 0.355 e. The van der Waals surface area contributed by atoms with Gasteiger partial charge in [-0.2, -0.15) is 5.10 Å². The van der Waals surface area contributed by atoms with Crippen molar-refractivity contribution in [3.05, 3.63) is 53.0 Å². The van der Waals surface area contributed by atoms with Crippen LogP contribution < -0.4 is 0 Å². The van der Waals surface area contributed by atoms with E-state index in [9.17, 15) is 4.79 Å². The summed E-state index contributed by atoms with van der Waals surface area (Å²) >= 11 is 0. The molecule has 0 saturated heterocycles. The van der Waals surface area contributed by atoms with Crippen LogP contribution in [0.25, 0.3) is 22.0 Å². The molecule has 38 heavy (non-hydrogen) atoms. The van der Waals surface area contributed by atoms with Crippen LogP contribution >= 0.6 is 0 Å². The van der Waals surface area contributed by atoms with E-state index >= 15 is 0 Å². The van der Waals surface area contributed by atoms with E-state index in [0.717, 1.165) is 51.8 Å². The fourth-order valence-corrected chi connectivity index (χ4v) is 6.12. The quantitative estimate of drug-likeness (QED) is 0.148. The Labute approximate surface area is 227 Å². The third kappa shape index (κ3) is 5.39. The lowest BCUT2D eigenvalue weighted by molar-refractivity contribution is 0.0513. The largest absolute Gasteiger partial charge is 0.461 e. The van der Waals surface area contributed by atoms with E-state index in [4.69, 9.17) is 19.0 Å². The van der Waals surface area contributed by atoms with Crippen LogP contribution in [-0.2, 0) is 40.5 Å². The summed E-state index contributed by atoms with van der Waals surface area (Å²) in [5.41, 5.74) is 6.82. The summed E-state index contributed by atoms with van der Waals surface area (Å²) in [4.78, 5) is 13.5. The number of esters is 1. The fraction of sp³-hybridized carbons (Fsp3) is 0.533. The Bertz CT molecular complexity index is 1340. The van der Waals surface area contributed by atoms with Crippen LogP contribution in [0.1, 0.15) is 61.6 Å². The van der Waals surface area contributed by atoms with Gasteiger partial charge in [0.25, 0.3) is 0 Å². The standard InChI is InChI=1S/C30H43N3O4Si/c1-9-36-29(34)28-23(16-13-19-37-38(7,8)30(3,4)5)22-14-12-15-24-26-21(2)31-32(6)25(26)20-35-18-11-10-17-33(28)27(22)24/h10-12,14-15H,9,13,16-20H2,1-8H3. The molecule has 3 aromatic rings. The zero-order valence-electron chi connectivity index (χ0n) is 24.3. The summed E-state index contributed by atoms with van der Waals surface area (Å²) in [6.45, 7) is 17.8.